The van der Waals surface area contributed by atoms with Gasteiger partial charge in [0.25, 0.3) is 0 Å². The number of fused-ring (bicyclic) bond motifs is 1. The SMILES string of the molecule is O=C1CC=CN(c2ccc3ccccc3n2)N1. The van der Waals surface area contributed by atoms with Gasteiger partial charge in [0.2, 0.25) is 5.91 Å². The maximum Gasteiger partial charge on any atom is 0.242 e. The van der Waals surface area contributed by atoms with Crippen LogP contribution in [0.4, 0.5) is 5.82 Å². The van der Waals surface area contributed by atoms with E-state index in [-0.39, 0.29) is 5.91 Å². The number of carbonyl (C=O) groups excluding carboxylic acids is 1. The Bertz CT molecular complexity index is 606. The Hall–Kier alpha value is -2.36. The smallest absolute Gasteiger partial charge is 0.242 e. The van der Waals surface area contributed by atoms with E-state index in [1.54, 1.807) is 5.01 Å². The van der Waals surface area contributed by atoms with Crippen molar-refractivity contribution in [3.63, 3.8) is 0 Å². The number of hydrogen-bond donors (Lipinski definition) is 1. The third-order valence-corrected chi connectivity index (χ3v) is 2.63. The van der Waals surface area contributed by atoms with Gasteiger partial charge in [0.15, 0.2) is 5.82 Å². The van der Waals surface area contributed by atoms with E-state index >= 15 is 0 Å². The molecule has 0 fully saturated rings. The molecule has 0 saturated heterocycles. The van der Waals surface area contributed by atoms with Crippen molar-refractivity contribution in [3.05, 3.63) is 48.7 Å². The quantitative estimate of drug-likeness (QED) is 0.807. The van der Waals surface area contributed by atoms with Gasteiger partial charge in [-0.2, -0.15) is 0 Å². The molecule has 1 amide bonds. The zero-order valence-corrected chi connectivity index (χ0v) is 9.13. The molecule has 84 valence electrons. The number of hydrogen-bond acceptors (Lipinski definition) is 3. The second-order valence-electron chi connectivity index (χ2n) is 3.86. The summed E-state index contributed by atoms with van der Waals surface area (Å²) in [4.78, 5) is 15.8. The maximum absolute atomic E-state index is 11.3. The summed E-state index contributed by atoms with van der Waals surface area (Å²) < 4.78 is 0. The van der Waals surface area contributed by atoms with Crippen LogP contribution in [0.25, 0.3) is 10.9 Å². The first-order chi connectivity index (χ1) is 8.33. The molecular formula is C13H11N3O. The van der Waals surface area contributed by atoms with Crippen molar-refractivity contribution in [2.24, 2.45) is 0 Å². The molecule has 2 aromatic rings. The van der Waals surface area contributed by atoms with E-state index in [9.17, 15) is 4.79 Å². The van der Waals surface area contributed by atoms with Crippen LogP contribution in [0.5, 0.6) is 0 Å². The van der Waals surface area contributed by atoms with E-state index in [0.29, 0.717) is 12.2 Å². The number of rotatable bonds is 1. The van der Waals surface area contributed by atoms with Crippen molar-refractivity contribution in [3.8, 4) is 0 Å². The maximum atomic E-state index is 11.3. The first-order valence-electron chi connectivity index (χ1n) is 5.44. The van der Waals surface area contributed by atoms with Crippen molar-refractivity contribution in [2.75, 3.05) is 5.01 Å². The Kier molecular flexibility index (Phi) is 2.26. The third-order valence-electron chi connectivity index (χ3n) is 2.63. The monoisotopic (exact) mass is 225 g/mol. The number of nitrogens with zero attached hydrogens (tertiary/aromatic N) is 2. The number of hydrazine groups is 1. The summed E-state index contributed by atoms with van der Waals surface area (Å²) in [5.41, 5.74) is 3.66. The standard InChI is InChI=1S/C13H11N3O/c17-13-6-3-9-16(15-13)12-8-7-10-4-1-2-5-11(10)14-12/h1-5,7-9H,6H2,(H,15,17). The molecule has 1 aliphatic rings. The summed E-state index contributed by atoms with van der Waals surface area (Å²) in [7, 11) is 0. The molecule has 0 unspecified atom stereocenters. The van der Waals surface area contributed by atoms with Crippen LogP contribution in [-0.2, 0) is 4.79 Å². The van der Waals surface area contributed by atoms with Crippen LogP contribution in [0, 0.1) is 0 Å². The average Bonchev–Trinajstić information content (AvgIpc) is 2.38. The number of benzene rings is 1. The lowest BCUT2D eigenvalue weighted by Gasteiger charge is -2.23. The number of carbonyl (C=O) groups is 1. The van der Waals surface area contributed by atoms with Gasteiger partial charge in [-0.3, -0.25) is 10.2 Å². The van der Waals surface area contributed by atoms with Crippen molar-refractivity contribution in [1.29, 1.82) is 0 Å². The minimum atomic E-state index is -0.0255. The van der Waals surface area contributed by atoms with Gasteiger partial charge in [-0.05, 0) is 18.2 Å². The Labute approximate surface area is 98.5 Å². The molecule has 0 spiro atoms. The van der Waals surface area contributed by atoms with Gasteiger partial charge in [0.1, 0.15) is 0 Å². The molecule has 4 heteroatoms. The highest BCUT2D eigenvalue weighted by Gasteiger charge is 2.12. The lowest BCUT2D eigenvalue weighted by Crippen LogP contribution is -2.41. The summed E-state index contributed by atoms with van der Waals surface area (Å²) >= 11 is 0. The lowest BCUT2D eigenvalue weighted by atomic mass is 10.2. The van der Waals surface area contributed by atoms with Crippen LogP contribution < -0.4 is 10.4 Å². The Balaban J connectivity index is 2.03. The number of nitrogens with one attached hydrogen (secondary N) is 1. The molecule has 1 aliphatic heterocycles. The lowest BCUT2D eigenvalue weighted by molar-refractivity contribution is -0.120. The number of aromatic nitrogens is 1. The van der Waals surface area contributed by atoms with Crippen LogP contribution in [0.3, 0.4) is 0 Å². The summed E-state index contributed by atoms with van der Waals surface area (Å²) in [6.07, 6.45) is 4.05. The van der Waals surface area contributed by atoms with E-state index in [4.69, 9.17) is 0 Å². The molecule has 4 nitrogen and oxygen atoms in total. The largest absolute Gasteiger partial charge is 0.273 e. The van der Waals surface area contributed by atoms with E-state index in [1.807, 2.05) is 48.7 Å². The molecule has 0 atom stereocenters. The number of amides is 1. The molecule has 2 heterocycles. The summed E-state index contributed by atoms with van der Waals surface area (Å²) in [6.45, 7) is 0. The summed E-state index contributed by atoms with van der Waals surface area (Å²) in [6, 6.07) is 11.8. The fraction of sp³-hybridized carbons (Fsp3) is 0.0769. The molecule has 0 radical (unpaired) electrons. The van der Waals surface area contributed by atoms with Crippen LogP contribution in [0.2, 0.25) is 0 Å². The van der Waals surface area contributed by atoms with Crippen molar-refractivity contribution < 1.29 is 4.79 Å². The van der Waals surface area contributed by atoms with E-state index in [1.165, 1.54) is 0 Å². The molecule has 1 aromatic heterocycles. The van der Waals surface area contributed by atoms with Gasteiger partial charge in [-0.15, -0.1) is 0 Å². The molecule has 1 N–H and O–H groups in total. The van der Waals surface area contributed by atoms with E-state index in [0.717, 1.165) is 10.9 Å². The predicted molar refractivity (Wildman–Crippen MR) is 66.1 cm³/mol. The van der Waals surface area contributed by atoms with Crippen LogP contribution in [0.15, 0.2) is 48.7 Å². The van der Waals surface area contributed by atoms with Crippen LogP contribution in [0.1, 0.15) is 6.42 Å². The third kappa shape index (κ3) is 1.85. The topological polar surface area (TPSA) is 45.2 Å². The highest BCUT2D eigenvalue weighted by molar-refractivity contribution is 5.83. The molecule has 1 aromatic carbocycles. The first kappa shape index (κ1) is 9.84. The minimum absolute atomic E-state index is 0.0255. The van der Waals surface area contributed by atoms with Gasteiger partial charge in [0.05, 0.1) is 5.52 Å². The predicted octanol–water partition coefficient (Wildman–Crippen LogP) is 1.99. The van der Waals surface area contributed by atoms with Gasteiger partial charge in [-0.25, -0.2) is 9.99 Å². The Morgan fingerprint density at radius 1 is 1.18 bits per heavy atom. The van der Waals surface area contributed by atoms with Crippen molar-refractivity contribution >= 4 is 22.6 Å². The van der Waals surface area contributed by atoms with Crippen molar-refractivity contribution in [1.82, 2.24) is 10.4 Å². The molecule has 0 aliphatic carbocycles. The van der Waals surface area contributed by atoms with Crippen LogP contribution in [-0.4, -0.2) is 10.9 Å². The van der Waals surface area contributed by atoms with Gasteiger partial charge >= 0.3 is 0 Å². The summed E-state index contributed by atoms with van der Waals surface area (Å²) in [5.74, 6) is 0.690. The summed E-state index contributed by atoms with van der Waals surface area (Å²) in [5, 5.41) is 2.72. The highest BCUT2D eigenvalue weighted by atomic mass is 16.2. The van der Waals surface area contributed by atoms with Gasteiger partial charge < -0.3 is 0 Å². The number of pyridine rings is 1. The second-order valence-corrected chi connectivity index (χ2v) is 3.86. The molecule has 0 bridgehead atoms. The zero-order chi connectivity index (χ0) is 11.7. The molecule has 0 saturated carbocycles. The highest BCUT2D eigenvalue weighted by Crippen LogP contribution is 2.18. The second kappa shape index (κ2) is 3.90. The minimum Gasteiger partial charge on any atom is -0.273 e. The number of anilines is 1. The fourth-order valence-electron chi connectivity index (χ4n) is 1.81. The normalized spacial score (nSPS) is 15.1. The van der Waals surface area contributed by atoms with Crippen LogP contribution >= 0.6 is 0 Å². The van der Waals surface area contributed by atoms with Gasteiger partial charge in [-0.1, -0.05) is 24.3 Å². The number of para-hydroxylation sites is 1. The Morgan fingerprint density at radius 3 is 2.94 bits per heavy atom. The molecular weight excluding hydrogens is 214 g/mol. The average molecular weight is 225 g/mol. The van der Waals surface area contributed by atoms with Gasteiger partial charge in [0, 0.05) is 18.0 Å². The first-order valence-corrected chi connectivity index (χ1v) is 5.44. The van der Waals surface area contributed by atoms with Crippen molar-refractivity contribution in [2.45, 2.75) is 6.42 Å². The molecule has 17 heavy (non-hydrogen) atoms. The molecule has 3 rings (SSSR count). The Morgan fingerprint density at radius 2 is 2.06 bits per heavy atom. The van der Waals surface area contributed by atoms with E-state index < -0.39 is 0 Å². The fourth-order valence-corrected chi connectivity index (χ4v) is 1.81. The zero-order valence-electron chi connectivity index (χ0n) is 9.13. The van der Waals surface area contributed by atoms with E-state index in [2.05, 4.69) is 10.4 Å².